The Kier molecular flexibility index (Phi) is 5.27. The quantitative estimate of drug-likeness (QED) is 0.730. The SMILES string of the molecule is CCOC(=O)C1=NC(C)C(C)C(C)=C1C(=O)OCC. The third-order valence-corrected chi connectivity index (χ3v) is 3.32. The predicted molar refractivity (Wildman–Crippen MR) is 72.0 cm³/mol. The molecule has 0 aliphatic carbocycles. The Morgan fingerprint density at radius 1 is 1.11 bits per heavy atom. The van der Waals surface area contributed by atoms with Crippen LogP contribution >= 0.6 is 0 Å². The first-order valence-electron chi connectivity index (χ1n) is 6.57. The first kappa shape index (κ1) is 15.4. The minimum absolute atomic E-state index is 0.0578. The molecule has 0 amide bonds. The van der Waals surface area contributed by atoms with Crippen molar-refractivity contribution in [1.29, 1.82) is 0 Å². The first-order chi connectivity index (χ1) is 8.93. The van der Waals surface area contributed by atoms with E-state index in [0.29, 0.717) is 0 Å². The highest BCUT2D eigenvalue weighted by Crippen LogP contribution is 2.27. The van der Waals surface area contributed by atoms with E-state index in [-0.39, 0.29) is 36.5 Å². The number of carbonyl (C=O) groups is 2. The second kappa shape index (κ2) is 6.50. The Bertz CT molecular complexity index is 437. The summed E-state index contributed by atoms with van der Waals surface area (Å²) in [6, 6.07) is -0.0578. The molecule has 5 nitrogen and oxygen atoms in total. The van der Waals surface area contributed by atoms with E-state index >= 15 is 0 Å². The fourth-order valence-corrected chi connectivity index (χ4v) is 1.97. The highest BCUT2D eigenvalue weighted by Gasteiger charge is 2.34. The van der Waals surface area contributed by atoms with Crippen LogP contribution < -0.4 is 0 Å². The number of esters is 2. The van der Waals surface area contributed by atoms with Crippen molar-refractivity contribution in [1.82, 2.24) is 0 Å². The number of rotatable bonds is 4. The summed E-state index contributed by atoms with van der Waals surface area (Å²) in [5, 5.41) is 0. The summed E-state index contributed by atoms with van der Waals surface area (Å²) in [5.41, 5.74) is 1.17. The number of dihydropyridines is 1. The fraction of sp³-hybridized carbons (Fsp3) is 0.643. The van der Waals surface area contributed by atoms with Crippen molar-refractivity contribution in [2.45, 2.75) is 40.7 Å². The predicted octanol–water partition coefficient (Wildman–Crippen LogP) is 1.91. The lowest BCUT2D eigenvalue weighted by Crippen LogP contribution is -2.34. The largest absolute Gasteiger partial charge is 0.462 e. The zero-order chi connectivity index (χ0) is 14.6. The van der Waals surface area contributed by atoms with Crippen LogP contribution in [0.3, 0.4) is 0 Å². The minimum atomic E-state index is -0.566. The Morgan fingerprint density at radius 3 is 2.16 bits per heavy atom. The summed E-state index contributed by atoms with van der Waals surface area (Å²) < 4.78 is 9.97. The van der Waals surface area contributed by atoms with Gasteiger partial charge in [-0.25, -0.2) is 9.59 Å². The minimum Gasteiger partial charge on any atom is -0.462 e. The number of aliphatic imine (C=N–C) groups is 1. The standard InChI is InChI=1S/C14H21NO4/c1-6-18-13(16)11-9(4)8(3)10(5)15-12(11)14(17)19-7-2/h8,10H,6-7H2,1-5H3. The molecule has 0 spiro atoms. The average Bonchev–Trinajstić information content (AvgIpc) is 2.35. The Balaban J connectivity index is 3.20. The van der Waals surface area contributed by atoms with E-state index in [1.807, 2.05) is 20.8 Å². The molecule has 2 unspecified atom stereocenters. The van der Waals surface area contributed by atoms with Gasteiger partial charge in [-0.1, -0.05) is 12.5 Å². The number of carbonyl (C=O) groups excluding carboxylic acids is 2. The van der Waals surface area contributed by atoms with Gasteiger partial charge < -0.3 is 9.47 Å². The van der Waals surface area contributed by atoms with Crippen molar-refractivity contribution in [3.05, 3.63) is 11.1 Å². The maximum Gasteiger partial charge on any atom is 0.357 e. The maximum atomic E-state index is 12.0. The van der Waals surface area contributed by atoms with Crippen LogP contribution in [0.4, 0.5) is 0 Å². The molecule has 1 heterocycles. The second-order valence-corrected chi connectivity index (χ2v) is 4.51. The van der Waals surface area contributed by atoms with Gasteiger partial charge in [0.15, 0.2) is 5.71 Å². The summed E-state index contributed by atoms with van der Waals surface area (Å²) in [6.45, 7) is 9.67. The molecule has 5 heteroatoms. The molecule has 0 radical (unpaired) electrons. The lowest BCUT2D eigenvalue weighted by atomic mass is 9.86. The molecule has 2 atom stereocenters. The van der Waals surface area contributed by atoms with Gasteiger partial charge in [0.2, 0.25) is 0 Å². The highest BCUT2D eigenvalue weighted by molar-refractivity contribution is 6.49. The molecule has 106 valence electrons. The zero-order valence-corrected chi connectivity index (χ0v) is 12.1. The molecule has 0 saturated carbocycles. The van der Waals surface area contributed by atoms with E-state index in [1.165, 1.54) is 0 Å². The summed E-state index contributed by atoms with van der Waals surface area (Å²) in [4.78, 5) is 28.2. The molecule has 0 bridgehead atoms. The third-order valence-electron chi connectivity index (χ3n) is 3.32. The topological polar surface area (TPSA) is 65.0 Å². The lowest BCUT2D eigenvalue weighted by molar-refractivity contribution is -0.139. The monoisotopic (exact) mass is 267 g/mol. The van der Waals surface area contributed by atoms with Crippen LogP contribution in [-0.4, -0.2) is 36.9 Å². The molecule has 0 N–H and O–H groups in total. The van der Waals surface area contributed by atoms with Crippen molar-refractivity contribution in [2.24, 2.45) is 10.9 Å². The van der Waals surface area contributed by atoms with Gasteiger partial charge >= 0.3 is 11.9 Å². The molecule has 0 saturated heterocycles. The van der Waals surface area contributed by atoms with Crippen molar-refractivity contribution >= 4 is 17.7 Å². The number of nitrogens with zero attached hydrogens (tertiary/aromatic N) is 1. The van der Waals surface area contributed by atoms with Crippen LogP contribution in [0, 0.1) is 5.92 Å². The van der Waals surface area contributed by atoms with Crippen molar-refractivity contribution in [3.63, 3.8) is 0 Å². The summed E-state index contributed by atoms with van der Waals surface area (Å²) >= 11 is 0. The van der Waals surface area contributed by atoms with Gasteiger partial charge in [0.25, 0.3) is 0 Å². The lowest BCUT2D eigenvalue weighted by Gasteiger charge is -2.26. The van der Waals surface area contributed by atoms with Crippen LogP contribution in [0.25, 0.3) is 0 Å². The normalized spacial score (nSPS) is 22.9. The molecule has 1 aliphatic heterocycles. The fourth-order valence-electron chi connectivity index (χ4n) is 1.97. The second-order valence-electron chi connectivity index (χ2n) is 4.51. The van der Waals surface area contributed by atoms with Gasteiger partial charge in [0.05, 0.1) is 24.8 Å². The van der Waals surface area contributed by atoms with E-state index in [4.69, 9.17) is 9.47 Å². The van der Waals surface area contributed by atoms with Gasteiger partial charge in [-0.15, -0.1) is 0 Å². The summed E-state index contributed by atoms with van der Waals surface area (Å²) in [6.07, 6.45) is 0. The Labute approximate surface area is 113 Å². The zero-order valence-electron chi connectivity index (χ0n) is 12.1. The van der Waals surface area contributed by atoms with Gasteiger partial charge in [0, 0.05) is 5.92 Å². The van der Waals surface area contributed by atoms with E-state index < -0.39 is 11.9 Å². The van der Waals surface area contributed by atoms with Gasteiger partial charge in [-0.05, 0) is 27.7 Å². The van der Waals surface area contributed by atoms with Crippen LogP contribution in [0.15, 0.2) is 16.1 Å². The van der Waals surface area contributed by atoms with Crippen molar-refractivity contribution in [2.75, 3.05) is 13.2 Å². The van der Waals surface area contributed by atoms with Gasteiger partial charge in [0.1, 0.15) is 0 Å². The molecular formula is C14H21NO4. The number of hydrogen-bond donors (Lipinski definition) is 0. The summed E-state index contributed by atoms with van der Waals surface area (Å²) in [7, 11) is 0. The molecule has 0 aromatic carbocycles. The van der Waals surface area contributed by atoms with Crippen LogP contribution in [0.1, 0.15) is 34.6 Å². The molecule has 0 aromatic rings. The molecule has 0 aromatic heterocycles. The van der Waals surface area contributed by atoms with Crippen LogP contribution in [0.5, 0.6) is 0 Å². The van der Waals surface area contributed by atoms with Gasteiger partial charge in [-0.3, -0.25) is 4.99 Å². The van der Waals surface area contributed by atoms with Crippen molar-refractivity contribution in [3.8, 4) is 0 Å². The van der Waals surface area contributed by atoms with Gasteiger partial charge in [-0.2, -0.15) is 0 Å². The first-order valence-corrected chi connectivity index (χ1v) is 6.57. The Morgan fingerprint density at radius 2 is 1.63 bits per heavy atom. The van der Waals surface area contributed by atoms with Crippen LogP contribution in [0.2, 0.25) is 0 Å². The number of hydrogen-bond acceptors (Lipinski definition) is 5. The van der Waals surface area contributed by atoms with Crippen LogP contribution in [-0.2, 0) is 19.1 Å². The molecular weight excluding hydrogens is 246 g/mol. The molecule has 19 heavy (non-hydrogen) atoms. The molecule has 1 aliphatic rings. The van der Waals surface area contributed by atoms with E-state index in [0.717, 1.165) is 5.57 Å². The smallest absolute Gasteiger partial charge is 0.357 e. The molecule has 1 rings (SSSR count). The average molecular weight is 267 g/mol. The third kappa shape index (κ3) is 3.22. The Hall–Kier alpha value is -1.65. The van der Waals surface area contributed by atoms with E-state index in [2.05, 4.69) is 4.99 Å². The summed E-state index contributed by atoms with van der Waals surface area (Å²) in [5.74, 6) is -0.980. The number of ether oxygens (including phenoxy) is 2. The van der Waals surface area contributed by atoms with E-state index in [9.17, 15) is 9.59 Å². The van der Waals surface area contributed by atoms with Crippen molar-refractivity contribution < 1.29 is 19.1 Å². The molecule has 0 fully saturated rings. The van der Waals surface area contributed by atoms with E-state index in [1.54, 1.807) is 13.8 Å². The highest BCUT2D eigenvalue weighted by atomic mass is 16.5. The maximum absolute atomic E-state index is 12.0.